The van der Waals surface area contributed by atoms with Gasteiger partial charge in [-0.1, -0.05) is 30.3 Å². The number of anilines is 1. The van der Waals surface area contributed by atoms with Crippen molar-refractivity contribution in [3.63, 3.8) is 0 Å². The number of hydrogen-bond acceptors (Lipinski definition) is 5. The van der Waals surface area contributed by atoms with E-state index in [1.807, 2.05) is 78.2 Å². The molecule has 0 aliphatic heterocycles. The normalized spacial score (nSPS) is 10.9. The number of primary amides is 1. The number of amides is 1. The monoisotopic (exact) mass is 435 g/mol. The molecule has 0 aliphatic rings. The topological polar surface area (TPSA) is 109 Å². The van der Waals surface area contributed by atoms with Gasteiger partial charge in [0.25, 0.3) is 5.91 Å². The molecule has 0 saturated heterocycles. The Hall–Kier alpha value is -4.65. The Kier molecular flexibility index (Phi) is 4.99. The van der Waals surface area contributed by atoms with Crippen LogP contribution in [0.25, 0.3) is 27.9 Å². The molecule has 3 aromatic heterocycles. The number of benzene rings is 2. The second-order valence-corrected chi connectivity index (χ2v) is 7.66. The summed E-state index contributed by atoms with van der Waals surface area (Å²) in [6.07, 6.45) is 5.14. The molecule has 0 bridgehead atoms. The SMILES string of the molecule is Cc1cccc(Oc2ccc(-c3c(C(N)=O)c4cnccn4c3-c3ccc(N)cc3)cc2)n1. The van der Waals surface area contributed by atoms with Crippen molar-refractivity contribution in [2.24, 2.45) is 5.73 Å². The number of carbonyl (C=O) groups is 1. The van der Waals surface area contributed by atoms with Crippen LogP contribution in [0.2, 0.25) is 0 Å². The van der Waals surface area contributed by atoms with Crippen LogP contribution in [0.3, 0.4) is 0 Å². The molecule has 0 aliphatic carbocycles. The molecule has 0 saturated carbocycles. The van der Waals surface area contributed by atoms with Gasteiger partial charge in [-0.25, -0.2) is 4.98 Å². The lowest BCUT2D eigenvalue weighted by Gasteiger charge is -2.10. The number of pyridine rings is 1. The highest BCUT2D eigenvalue weighted by atomic mass is 16.5. The molecule has 0 radical (unpaired) electrons. The Bertz CT molecular complexity index is 1470. The number of aromatic nitrogens is 3. The van der Waals surface area contributed by atoms with Gasteiger partial charge in [-0.05, 0) is 48.4 Å². The fourth-order valence-corrected chi connectivity index (χ4v) is 3.95. The lowest BCUT2D eigenvalue weighted by Crippen LogP contribution is -2.11. The Balaban J connectivity index is 1.67. The molecule has 7 nitrogen and oxygen atoms in total. The van der Waals surface area contributed by atoms with Crippen molar-refractivity contribution in [3.8, 4) is 34.0 Å². The lowest BCUT2D eigenvalue weighted by atomic mass is 9.97. The fraction of sp³-hybridized carbons (Fsp3) is 0.0385. The van der Waals surface area contributed by atoms with E-state index in [1.54, 1.807) is 18.5 Å². The molecule has 0 atom stereocenters. The minimum Gasteiger partial charge on any atom is -0.439 e. The Morgan fingerprint density at radius 1 is 0.970 bits per heavy atom. The molecule has 0 spiro atoms. The summed E-state index contributed by atoms with van der Waals surface area (Å²) in [5, 5.41) is 0. The summed E-state index contributed by atoms with van der Waals surface area (Å²) in [7, 11) is 0. The highest BCUT2D eigenvalue weighted by Crippen LogP contribution is 2.40. The maximum Gasteiger partial charge on any atom is 0.251 e. The number of fused-ring (bicyclic) bond motifs is 1. The van der Waals surface area contributed by atoms with Crippen molar-refractivity contribution in [1.82, 2.24) is 14.4 Å². The molecule has 7 heteroatoms. The Morgan fingerprint density at radius 3 is 2.39 bits per heavy atom. The predicted octanol–water partition coefficient (Wildman–Crippen LogP) is 4.85. The molecule has 3 heterocycles. The van der Waals surface area contributed by atoms with Crippen molar-refractivity contribution >= 4 is 17.1 Å². The van der Waals surface area contributed by atoms with Gasteiger partial charge in [0, 0.05) is 35.4 Å². The van der Waals surface area contributed by atoms with Crippen molar-refractivity contribution < 1.29 is 9.53 Å². The van der Waals surface area contributed by atoms with E-state index in [2.05, 4.69) is 9.97 Å². The molecule has 162 valence electrons. The van der Waals surface area contributed by atoms with E-state index in [1.165, 1.54) is 0 Å². The maximum absolute atomic E-state index is 12.6. The van der Waals surface area contributed by atoms with Gasteiger partial charge in [0.2, 0.25) is 5.88 Å². The van der Waals surface area contributed by atoms with Crippen molar-refractivity contribution in [3.05, 3.63) is 96.6 Å². The predicted molar refractivity (Wildman–Crippen MR) is 128 cm³/mol. The highest BCUT2D eigenvalue weighted by molar-refractivity contribution is 6.10. The van der Waals surface area contributed by atoms with Gasteiger partial charge in [0.1, 0.15) is 5.75 Å². The Morgan fingerprint density at radius 2 is 1.70 bits per heavy atom. The zero-order valence-corrected chi connectivity index (χ0v) is 17.9. The number of ether oxygens (including phenoxy) is 1. The van der Waals surface area contributed by atoms with Gasteiger partial charge in [0.05, 0.1) is 23.0 Å². The maximum atomic E-state index is 12.6. The molecule has 2 aromatic carbocycles. The summed E-state index contributed by atoms with van der Waals surface area (Å²) < 4.78 is 7.81. The molecule has 0 unspecified atom stereocenters. The van der Waals surface area contributed by atoms with Crippen LogP contribution >= 0.6 is 0 Å². The van der Waals surface area contributed by atoms with Crippen LogP contribution in [0, 0.1) is 6.92 Å². The number of aryl methyl sites for hydroxylation is 1. The highest BCUT2D eigenvalue weighted by Gasteiger charge is 2.24. The number of nitrogens with two attached hydrogens (primary N) is 2. The number of rotatable bonds is 5. The average molecular weight is 435 g/mol. The van der Waals surface area contributed by atoms with E-state index in [9.17, 15) is 4.79 Å². The van der Waals surface area contributed by atoms with Gasteiger partial charge < -0.3 is 20.6 Å². The van der Waals surface area contributed by atoms with Crippen molar-refractivity contribution in [2.75, 3.05) is 5.73 Å². The van der Waals surface area contributed by atoms with E-state index in [4.69, 9.17) is 16.2 Å². The molecule has 4 N–H and O–H groups in total. The lowest BCUT2D eigenvalue weighted by molar-refractivity contribution is 0.100. The van der Waals surface area contributed by atoms with Gasteiger partial charge in [-0.15, -0.1) is 0 Å². The third-order valence-corrected chi connectivity index (χ3v) is 5.40. The van der Waals surface area contributed by atoms with Gasteiger partial charge >= 0.3 is 0 Å². The zero-order chi connectivity index (χ0) is 22.9. The van der Waals surface area contributed by atoms with Crippen LogP contribution in [0.15, 0.2) is 85.3 Å². The van der Waals surface area contributed by atoms with Gasteiger partial charge in [0.15, 0.2) is 0 Å². The zero-order valence-electron chi connectivity index (χ0n) is 17.9. The van der Waals surface area contributed by atoms with Crippen molar-refractivity contribution in [2.45, 2.75) is 6.92 Å². The fourth-order valence-electron chi connectivity index (χ4n) is 3.95. The minimum absolute atomic E-state index is 0.406. The summed E-state index contributed by atoms with van der Waals surface area (Å²) in [6.45, 7) is 1.91. The second kappa shape index (κ2) is 8.12. The quantitative estimate of drug-likeness (QED) is 0.384. The number of nitrogens with zero attached hydrogens (tertiary/aromatic N) is 3. The van der Waals surface area contributed by atoms with Crippen LogP contribution in [0.1, 0.15) is 16.1 Å². The number of hydrogen-bond donors (Lipinski definition) is 2. The summed E-state index contributed by atoms with van der Waals surface area (Å²) in [6, 6.07) is 20.6. The van der Waals surface area contributed by atoms with E-state index >= 15 is 0 Å². The summed E-state index contributed by atoms with van der Waals surface area (Å²) in [5.41, 5.74) is 17.6. The largest absolute Gasteiger partial charge is 0.439 e. The summed E-state index contributed by atoms with van der Waals surface area (Å²) in [4.78, 5) is 21.2. The van der Waals surface area contributed by atoms with Crippen LogP contribution in [-0.4, -0.2) is 20.3 Å². The van der Waals surface area contributed by atoms with E-state index < -0.39 is 5.91 Å². The molecule has 1 amide bonds. The van der Waals surface area contributed by atoms with E-state index in [-0.39, 0.29) is 0 Å². The number of carbonyl (C=O) groups excluding carboxylic acids is 1. The van der Waals surface area contributed by atoms with E-state index in [0.717, 1.165) is 28.1 Å². The first-order valence-corrected chi connectivity index (χ1v) is 10.4. The summed E-state index contributed by atoms with van der Waals surface area (Å²) >= 11 is 0. The Labute approximate surface area is 190 Å². The molecule has 0 fully saturated rings. The average Bonchev–Trinajstić information content (AvgIpc) is 3.16. The smallest absolute Gasteiger partial charge is 0.251 e. The summed E-state index contributed by atoms with van der Waals surface area (Å²) in [5.74, 6) is 0.627. The van der Waals surface area contributed by atoms with Crippen molar-refractivity contribution in [1.29, 1.82) is 0 Å². The first kappa shape index (κ1) is 20.3. The molecule has 5 rings (SSSR count). The van der Waals surface area contributed by atoms with Crippen LogP contribution in [0.4, 0.5) is 5.69 Å². The third-order valence-electron chi connectivity index (χ3n) is 5.40. The van der Waals surface area contributed by atoms with Gasteiger partial charge in [-0.2, -0.15) is 0 Å². The van der Waals surface area contributed by atoms with Gasteiger partial charge in [-0.3, -0.25) is 9.78 Å². The third kappa shape index (κ3) is 3.76. The molecular formula is C26H21N5O2. The minimum atomic E-state index is -0.526. The van der Waals surface area contributed by atoms with Crippen LogP contribution in [-0.2, 0) is 0 Å². The first-order valence-electron chi connectivity index (χ1n) is 10.4. The van der Waals surface area contributed by atoms with Crippen LogP contribution < -0.4 is 16.2 Å². The standard InChI is InChI=1S/C26H21N5O2/c1-16-3-2-4-22(30-16)33-20-11-7-17(8-12-20)23-24(26(28)32)21-15-29-13-14-31(21)25(23)18-5-9-19(27)10-6-18/h2-15H,27H2,1H3,(H2,28,32). The second-order valence-electron chi connectivity index (χ2n) is 7.66. The molecule has 33 heavy (non-hydrogen) atoms. The molecule has 5 aromatic rings. The first-order chi connectivity index (χ1) is 16.0. The molecular weight excluding hydrogens is 414 g/mol. The van der Waals surface area contributed by atoms with Crippen LogP contribution in [0.5, 0.6) is 11.6 Å². The number of nitrogen functional groups attached to an aromatic ring is 1. The van der Waals surface area contributed by atoms with E-state index in [0.29, 0.717) is 28.4 Å².